The molecule has 0 unspecified atom stereocenters. The van der Waals surface area contributed by atoms with Crippen molar-refractivity contribution in [2.24, 2.45) is 5.92 Å². The van der Waals surface area contributed by atoms with Crippen LogP contribution in [-0.4, -0.2) is 68.1 Å². The van der Waals surface area contributed by atoms with Gasteiger partial charge < -0.3 is 14.7 Å². The molecule has 0 aliphatic carbocycles. The smallest absolute Gasteiger partial charge is 0.416 e. The predicted molar refractivity (Wildman–Crippen MR) is 158 cm³/mol. The third kappa shape index (κ3) is 7.80. The molecule has 0 spiro atoms. The molecular weight excluding hydrogens is 607 g/mol. The first-order chi connectivity index (χ1) is 20.2. The summed E-state index contributed by atoms with van der Waals surface area (Å²) in [7, 11) is -2.30. The van der Waals surface area contributed by atoms with Crippen LogP contribution in [0.4, 0.5) is 18.9 Å². The molecule has 4 rings (SSSR count). The Labute approximate surface area is 254 Å². The van der Waals surface area contributed by atoms with Crippen molar-refractivity contribution in [2.75, 3.05) is 31.5 Å². The Hall–Kier alpha value is -3.32. The van der Waals surface area contributed by atoms with E-state index in [2.05, 4.69) is 4.72 Å². The number of sulfonamides is 1. The number of hydrogen-bond acceptors (Lipinski definition) is 6. The second-order valence-corrected chi connectivity index (χ2v) is 12.9. The number of benzene rings is 3. The largest absolute Gasteiger partial charge is 0.486 e. The molecule has 43 heavy (non-hydrogen) atoms. The van der Waals surface area contributed by atoms with Crippen molar-refractivity contribution < 1.29 is 36.2 Å². The number of amides is 1. The van der Waals surface area contributed by atoms with Crippen LogP contribution in [0.3, 0.4) is 0 Å². The van der Waals surface area contributed by atoms with E-state index >= 15 is 0 Å². The Balaban J connectivity index is 1.66. The van der Waals surface area contributed by atoms with Crippen molar-refractivity contribution in [1.29, 1.82) is 0 Å². The van der Waals surface area contributed by atoms with Gasteiger partial charge in [-0.2, -0.15) is 13.2 Å². The van der Waals surface area contributed by atoms with Crippen molar-refractivity contribution in [2.45, 2.75) is 43.6 Å². The van der Waals surface area contributed by atoms with E-state index in [0.717, 1.165) is 12.1 Å². The van der Waals surface area contributed by atoms with Gasteiger partial charge in [-0.1, -0.05) is 36.7 Å². The number of carbonyl (C=O) groups is 1. The van der Waals surface area contributed by atoms with Crippen molar-refractivity contribution in [3.05, 3.63) is 88.4 Å². The maximum absolute atomic E-state index is 13.7. The van der Waals surface area contributed by atoms with E-state index in [0.29, 0.717) is 23.7 Å². The molecule has 0 fully saturated rings. The summed E-state index contributed by atoms with van der Waals surface area (Å²) in [4.78, 5) is 17.1. The first kappa shape index (κ1) is 32.6. The van der Waals surface area contributed by atoms with Crippen LogP contribution in [0.1, 0.15) is 35.3 Å². The molecule has 1 amide bonds. The monoisotopic (exact) mass is 639 g/mol. The predicted octanol–water partition coefficient (Wildman–Crippen LogP) is 5.51. The second kappa shape index (κ2) is 13.1. The first-order valence-electron chi connectivity index (χ1n) is 13.5. The molecule has 0 aromatic heterocycles. The van der Waals surface area contributed by atoms with Crippen LogP contribution in [-0.2, 0) is 22.7 Å². The van der Waals surface area contributed by atoms with Crippen LogP contribution < -0.4 is 9.46 Å². The standard InChI is InChI=1S/C30H33ClF3N3O5S/c1-19-15-37(20(2)18-38)29(39)25-5-4-6-26(35-43(40,41)24-13-11-23(31)12-14-24)28(25)42-27(19)17-36(3)16-21-7-9-22(10-8-21)30(32,33)34/h4-14,19-20,27,35,38H,15-18H2,1-3H3/t19-,20-,27-/m1/s1. The molecule has 3 aromatic rings. The maximum atomic E-state index is 13.7. The molecule has 1 aliphatic rings. The fourth-order valence-electron chi connectivity index (χ4n) is 4.84. The molecule has 0 saturated carbocycles. The molecule has 232 valence electrons. The number of carbonyl (C=O) groups excluding carboxylic acids is 1. The third-order valence-electron chi connectivity index (χ3n) is 7.28. The molecule has 13 heteroatoms. The number of nitrogens with zero attached hydrogens (tertiary/aromatic N) is 2. The third-order valence-corrected chi connectivity index (χ3v) is 8.92. The van der Waals surface area contributed by atoms with Gasteiger partial charge in [-0.3, -0.25) is 14.4 Å². The zero-order valence-corrected chi connectivity index (χ0v) is 25.4. The molecule has 3 atom stereocenters. The molecular formula is C30H33ClF3N3O5S. The summed E-state index contributed by atoms with van der Waals surface area (Å²) in [5.74, 6) is -0.658. The number of aliphatic hydroxyl groups is 1. The van der Waals surface area contributed by atoms with E-state index in [-0.39, 0.29) is 41.0 Å². The summed E-state index contributed by atoms with van der Waals surface area (Å²) in [6, 6.07) is 14.6. The number of anilines is 1. The quantitative estimate of drug-likeness (QED) is 0.320. The lowest BCUT2D eigenvalue weighted by atomic mass is 9.99. The average molecular weight is 640 g/mol. The van der Waals surface area contributed by atoms with Crippen molar-refractivity contribution in [3.63, 3.8) is 0 Å². The Morgan fingerprint density at radius 3 is 2.37 bits per heavy atom. The summed E-state index contributed by atoms with van der Waals surface area (Å²) < 4.78 is 74.5. The van der Waals surface area contributed by atoms with E-state index in [1.807, 2.05) is 11.8 Å². The lowest BCUT2D eigenvalue weighted by Crippen LogP contribution is -2.49. The van der Waals surface area contributed by atoms with Crippen LogP contribution in [0.5, 0.6) is 5.75 Å². The molecule has 0 bridgehead atoms. The molecule has 0 radical (unpaired) electrons. The zero-order chi connectivity index (χ0) is 31.5. The van der Waals surface area contributed by atoms with Crippen molar-refractivity contribution in [1.82, 2.24) is 9.80 Å². The summed E-state index contributed by atoms with van der Waals surface area (Å²) in [6.07, 6.45) is -5.00. The highest BCUT2D eigenvalue weighted by Crippen LogP contribution is 2.36. The maximum Gasteiger partial charge on any atom is 0.416 e. The normalized spacial score (nSPS) is 18.4. The van der Waals surface area contributed by atoms with Gasteiger partial charge in [0.05, 0.1) is 34.4 Å². The van der Waals surface area contributed by atoms with E-state index in [1.54, 1.807) is 20.0 Å². The number of alkyl halides is 3. The highest BCUT2D eigenvalue weighted by atomic mass is 35.5. The average Bonchev–Trinajstić information content (AvgIpc) is 2.94. The van der Waals surface area contributed by atoms with E-state index in [9.17, 15) is 31.5 Å². The topological polar surface area (TPSA) is 99.2 Å². The van der Waals surface area contributed by atoms with Gasteiger partial charge in [-0.25, -0.2) is 8.42 Å². The minimum Gasteiger partial charge on any atom is -0.486 e. The van der Waals surface area contributed by atoms with Gasteiger partial charge in [0.2, 0.25) is 0 Å². The summed E-state index contributed by atoms with van der Waals surface area (Å²) >= 11 is 5.92. The summed E-state index contributed by atoms with van der Waals surface area (Å²) in [6.45, 7) is 4.18. The van der Waals surface area contributed by atoms with Crippen molar-refractivity contribution in [3.8, 4) is 5.75 Å². The van der Waals surface area contributed by atoms with E-state index < -0.39 is 39.8 Å². The minimum atomic E-state index is -4.43. The minimum absolute atomic E-state index is 0.0385. The van der Waals surface area contributed by atoms with E-state index in [1.165, 1.54) is 53.4 Å². The van der Waals surface area contributed by atoms with Gasteiger partial charge in [-0.05, 0) is 68.1 Å². The lowest BCUT2D eigenvalue weighted by Gasteiger charge is -2.38. The fourth-order valence-corrected chi connectivity index (χ4v) is 6.03. The van der Waals surface area contributed by atoms with Gasteiger partial charge in [0.15, 0.2) is 5.75 Å². The molecule has 0 saturated heterocycles. The number of rotatable bonds is 9. The Kier molecular flexibility index (Phi) is 9.95. The first-order valence-corrected chi connectivity index (χ1v) is 15.4. The second-order valence-electron chi connectivity index (χ2n) is 10.8. The van der Waals surface area contributed by atoms with Crippen molar-refractivity contribution >= 4 is 33.2 Å². The Bertz CT molecular complexity index is 1540. The Morgan fingerprint density at radius 1 is 1.12 bits per heavy atom. The summed E-state index contributed by atoms with van der Waals surface area (Å²) in [5, 5.41) is 10.3. The van der Waals surface area contributed by atoms with Gasteiger partial charge in [-0.15, -0.1) is 0 Å². The number of nitrogens with one attached hydrogen (secondary N) is 1. The molecule has 1 heterocycles. The van der Waals surface area contributed by atoms with Gasteiger partial charge in [0.25, 0.3) is 15.9 Å². The van der Waals surface area contributed by atoms with Crippen LogP contribution in [0, 0.1) is 5.92 Å². The fraction of sp³-hybridized carbons (Fsp3) is 0.367. The van der Waals surface area contributed by atoms with E-state index in [4.69, 9.17) is 16.3 Å². The molecule has 2 N–H and O–H groups in total. The SMILES string of the molecule is C[C@@H]1CN([C@H](C)CO)C(=O)c2cccc(NS(=O)(=O)c3ccc(Cl)cc3)c2O[C@@H]1CN(C)Cc1ccc(C(F)(F)F)cc1. The summed E-state index contributed by atoms with van der Waals surface area (Å²) in [5.41, 5.74) is 0.112. The number of para-hydroxylation sites is 1. The molecule has 3 aromatic carbocycles. The van der Waals surface area contributed by atoms with Gasteiger partial charge in [0, 0.05) is 30.6 Å². The highest BCUT2D eigenvalue weighted by molar-refractivity contribution is 7.92. The molecule has 1 aliphatic heterocycles. The number of ether oxygens (including phenoxy) is 1. The van der Waals surface area contributed by atoms with Crippen LogP contribution in [0.2, 0.25) is 5.02 Å². The number of aliphatic hydroxyl groups excluding tert-OH is 1. The highest BCUT2D eigenvalue weighted by Gasteiger charge is 2.35. The number of halogens is 4. The van der Waals surface area contributed by atoms with Crippen LogP contribution in [0.15, 0.2) is 71.6 Å². The van der Waals surface area contributed by atoms with Gasteiger partial charge in [0.1, 0.15) is 6.10 Å². The van der Waals surface area contributed by atoms with Crippen LogP contribution in [0.25, 0.3) is 0 Å². The van der Waals surface area contributed by atoms with Crippen LogP contribution >= 0.6 is 11.6 Å². The Morgan fingerprint density at radius 2 is 1.77 bits per heavy atom. The lowest BCUT2D eigenvalue weighted by molar-refractivity contribution is -0.137. The number of fused-ring (bicyclic) bond motifs is 1. The zero-order valence-electron chi connectivity index (χ0n) is 23.8. The number of likely N-dealkylation sites (N-methyl/N-ethyl adjacent to an activating group) is 1. The molecule has 8 nitrogen and oxygen atoms in total. The number of hydrogen-bond donors (Lipinski definition) is 2. The van der Waals surface area contributed by atoms with Gasteiger partial charge >= 0.3 is 6.18 Å².